The van der Waals surface area contributed by atoms with Crippen LogP contribution >= 0.6 is 0 Å². The molecule has 0 unspecified atom stereocenters. The molecule has 73 valence electrons. The van der Waals surface area contributed by atoms with Crippen molar-refractivity contribution in [2.75, 3.05) is 0 Å². The van der Waals surface area contributed by atoms with E-state index in [0.717, 1.165) is 19.3 Å². The van der Waals surface area contributed by atoms with Gasteiger partial charge in [0.05, 0.1) is 0 Å². The molecule has 0 amide bonds. The summed E-state index contributed by atoms with van der Waals surface area (Å²) in [5.41, 5.74) is 0. The Morgan fingerprint density at radius 3 is 2.00 bits per heavy atom. The Kier molecular flexibility index (Phi) is 6.39. The van der Waals surface area contributed by atoms with Crippen molar-refractivity contribution in [2.45, 2.75) is 19.3 Å². The van der Waals surface area contributed by atoms with Crippen molar-refractivity contribution in [3.8, 4) is 0 Å². The minimum absolute atomic E-state index is 1.01. The number of hydrogen-bond acceptors (Lipinski definition) is 0. The fourth-order valence-corrected chi connectivity index (χ4v) is 1.13. The molecule has 0 aromatic rings. The first-order valence-corrected chi connectivity index (χ1v) is 5.13. The number of hydrogen-bond donors (Lipinski definition) is 0. The van der Waals surface area contributed by atoms with Gasteiger partial charge >= 0.3 is 0 Å². The van der Waals surface area contributed by atoms with E-state index in [0.29, 0.717) is 0 Å². The zero-order valence-electron chi connectivity index (χ0n) is 8.47. The summed E-state index contributed by atoms with van der Waals surface area (Å²) in [7, 11) is 0. The monoisotopic (exact) mass is 185 g/mol. The van der Waals surface area contributed by atoms with E-state index in [-0.39, 0.29) is 0 Å². The molecule has 1 aliphatic carbocycles. The Hall–Kier alpha value is -1.30. The van der Waals surface area contributed by atoms with Crippen LogP contribution in [0.5, 0.6) is 0 Å². The molecule has 0 bridgehead atoms. The quantitative estimate of drug-likeness (QED) is 0.531. The van der Waals surface area contributed by atoms with E-state index in [4.69, 9.17) is 0 Å². The maximum absolute atomic E-state index is 2.21. The summed E-state index contributed by atoms with van der Waals surface area (Å²) in [5.74, 6) is 0. The Labute approximate surface area is 87.0 Å². The van der Waals surface area contributed by atoms with Crippen LogP contribution in [0.4, 0.5) is 0 Å². The molecule has 0 saturated heterocycles. The Morgan fingerprint density at radius 1 is 0.500 bits per heavy atom. The molecule has 0 saturated carbocycles. The standard InChI is InChI=1S/C14H17/c1-2-4-6-8-10-12-14-13-11-9-7-5-3-1/h1-8,11,13-14H,9-10,12H2. The van der Waals surface area contributed by atoms with Gasteiger partial charge in [-0.2, -0.15) is 0 Å². The lowest BCUT2D eigenvalue weighted by molar-refractivity contribution is 1.00. The molecule has 1 rings (SSSR count). The minimum Gasteiger partial charge on any atom is -0.0845 e. The van der Waals surface area contributed by atoms with Gasteiger partial charge in [-0.25, -0.2) is 0 Å². The molecule has 0 heterocycles. The third-order valence-electron chi connectivity index (χ3n) is 1.87. The SMILES string of the molecule is [CH]1C=CCC=CC=CC=CC=CCC1. The highest BCUT2D eigenvalue weighted by atomic mass is 13.9. The van der Waals surface area contributed by atoms with Crippen LogP contribution in [0.25, 0.3) is 0 Å². The second kappa shape index (κ2) is 8.31. The predicted molar refractivity (Wildman–Crippen MR) is 63.9 cm³/mol. The van der Waals surface area contributed by atoms with Crippen molar-refractivity contribution < 1.29 is 0 Å². The second-order valence-electron chi connectivity index (χ2n) is 3.10. The van der Waals surface area contributed by atoms with Crippen molar-refractivity contribution in [1.82, 2.24) is 0 Å². The van der Waals surface area contributed by atoms with Crippen LogP contribution in [0.3, 0.4) is 0 Å². The van der Waals surface area contributed by atoms with Gasteiger partial charge in [0.2, 0.25) is 0 Å². The molecule has 0 nitrogen and oxygen atoms in total. The van der Waals surface area contributed by atoms with Gasteiger partial charge in [-0.15, -0.1) is 0 Å². The smallest absolute Gasteiger partial charge is 0.0166 e. The molecular formula is C14H17. The molecule has 1 aliphatic rings. The molecular weight excluding hydrogens is 168 g/mol. The molecule has 0 atom stereocenters. The van der Waals surface area contributed by atoms with Gasteiger partial charge in [-0.1, -0.05) is 60.8 Å². The summed E-state index contributed by atoms with van der Waals surface area (Å²) in [5, 5.41) is 0. The topological polar surface area (TPSA) is 0 Å². The maximum Gasteiger partial charge on any atom is -0.0166 e. The molecule has 0 N–H and O–H groups in total. The third-order valence-corrected chi connectivity index (χ3v) is 1.87. The van der Waals surface area contributed by atoms with Gasteiger partial charge in [0.25, 0.3) is 0 Å². The van der Waals surface area contributed by atoms with E-state index in [1.165, 1.54) is 0 Å². The van der Waals surface area contributed by atoms with Gasteiger partial charge in [0, 0.05) is 0 Å². The van der Waals surface area contributed by atoms with Crippen molar-refractivity contribution >= 4 is 0 Å². The fourth-order valence-electron chi connectivity index (χ4n) is 1.13. The maximum atomic E-state index is 2.21. The normalized spacial score (nSPS) is 18.3. The van der Waals surface area contributed by atoms with Crippen molar-refractivity contribution in [2.24, 2.45) is 0 Å². The fraction of sp³-hybridized carbons (Fsp3) is 0.214. The summed E-state index contributed by atoms with van der Waals surface area (Å²) < 4.78 is 0. The van der Waals surface area contributed by atoms with Gasteiger partial charge < -0.3 is 0 Å². The molecule has 0 aliphatic heterocycles. The molecule has 0 aromatic heterocycles. The van der Waals surface area contributed by atoms with E-state index >= 15 is 0 Å². The molecule has 14 heavy (non-hydrogen) atoms. The van der Waals surface area contributed by atoms with E-state index in [9.17, 15) is 0 Å². The highest BCUT2D eigenvalue weighted by Crippen LogP contribution is 1.99. The summed E-state index contributed by atoms with van der Waals surface area (Å²) in [6.45, 7) is 0. The molecule has 0 fully saturated rings. The zero-order chi connectivity index (χ0) is 9.90. The van der Waals surface area contributed by atoms with Crippen molar-refractivity contribution in [3.05, 3.63) is 67.2 Å². The highest BCUT2D eigenvalue weighted by Gasteiger charge is 1.80. The van der Waals surface area contributed by atoms with E-state index < -0.39 is 0 Å². The van der Waals surface area contributed by atoms with E-state index in [1.807, 2.05) is 18.2 Å². The summed E-state index contributed by atoms with van der Waals surface area (Å²) >= 11 is 0. The van der Waals surface area contributed by atoms with Crippen LogP contribution < -0.4 is 0 Å². The predicted octanol–water partition coefficient (Wildman–Crippen LogP) is 4.16. The largest absolute Gasteiger partial charge is 0.0845 e. The summed E-state index contributed by atoms with van der Waals surface area (Å²) in [6, 6.07) is 0. The molecule has 0 heteroatoms. The van der Waals surface area contributed by atoms with Gasteiger partial charge in [-0.05, 0) is 25.7 Å². The lowest BCUT2D eigenvalue weighted by atomic mass is 10.2. The van der Waals surface area contributed by atoms with Gasteiger partial charge in [0.1, 0.15) is 0 Å². The summed E-state index contributed by atoms with van der Waals surface area (Å²) in [4.78, 5) is 0. The Bertz CT molecular complexity index is 262. The lowest BCUT2D eigenvalue weighted by Crippen LogP contribution is -1.70. The average Bonchev–Trinajstić information content (AvgIpc) is 2.22. The van der Waals surface area contributed by atoms with Gasteiger partial charge in [-0.3, -0.25) is 0 Å². The zero-order valence-corrected chi connectivity index (χ0v) is 8.47. The van der Waals surface area contributed by atoms with Crippen LogP contribution in [0, 0.1) is 6.42 Å². The Balaban J connectivity index is 2.46. The lowest BCUT2D eigenvalue weighted by Gasteiger charge is -1.89. The first-order valence-electron chi connectivity index (χ1n) is 5.13. The van der Waals surface area contributed by atoms with Crippen molar-refractivity contribution in [1.29, 1.82) is 0 Å². The van der Waals surface area contributed by atoms with Crippen LogP contribution in [-0.2, 0) is 0 Å². The first-order chi connectivity index (χ1) is 7.00. The first kappa shape index (κ1) is 10.8. The van der Waals surface area contributed by atoms with Gasteiger partial charge in [0.15, 0.2) is 0 Å². The van der Waals surface area contributed by atoms with Crippen LogP contribution in [0.1, 0.15) is 19.3 Å². The third kappa shape index (κ3) is 6.24. The van der Waals surface area contributed by atoms with E-state index in [1.54, 1.807) is 0 Å². The van der Waals surface area contributed by atoms with E-state index in [2.05, 4.69) is 49.0 Å². The van der Waals surface area contributed by atoms with Crippen LogP contribution in [0.15, 0.2) is 60.8 Å². The van der Waals surface area contributed by atoms with Crippen LogP contribution in [0.2, 0.25) is 0 Å². The van der Waals surface area contributed by atoms with Crippen molar-refractivity contribution in [3.63, 3.8) is 0 Å². The molecule has 1 radical (unpaired) electrons. The minimum atomic E-state index is 1.01. The average molecular weight is 185 g/mol. The molecule has 0 aromatic carbocycles. The summed E-state index contributed by atoms with van der Waals surface area (Å²) in [6.07, 6.45) is 26.5. The second-order valence-corrected chi connectivity index (χ2v) is 3.10. The highest BCUT2D eigenvalue weighted by molar-refractivity contribution is 5.16. The number of allylic oxidation sites excluding steroid dienone is 10. The number of rotatable bonds is 0. The van der Waals surface area contributed by atoms with Crippen LogP contribution in [-0.4, -0.2) is 0 Å². The molecule has 0 spiro atoms. The Morgan fingerprint density at radius 2 is 1.14 bits per heavy atom.